The van der Waals surface area contributed by atoms with E-state index in [2.05, 4.69) is 74.2 Å². The summed E-state index contributed by atoms with van der Waals surface area (Å²) in [6, 6.07) is 26.9. The first-order valence-corrected chi connectivity index (χ1v) is 12.1. The Hall–Kier alpha value is -3.37. The van der Waals surface area contributed by atoms with E-state index in [0.29, 0.717) is 5.39 Å². The number of unbranched alkanes of at least 4 members (excludes halogenated alkanes) is 2. The van der Waals surface area contributed by atoms with Gasteiger partial charge in [-0.25, -0.2) is 4.39 Å². The van der Waals surface area contributed by atoms with Crippen molar-refractivity contribution in [3.63, 3.8) is 0 Å². The standard InChI is InChI=1S/C32H31F/c1-3-5-6-8-29-20-21-30-23-26(15-22-31(30)32(29)33)10-9-25-13-18-28(19-14-25)27-16-11-24(7-4-2)12-17-27/h11-23H,3-8H2,1-2H3. The number of benzene rings is 4. The molecule has 0 bridgehead atoms. The molecule has 33 heavy (non-hydrogen) atoms. The first-order valence-electron chi connectivity index (χ1n) is 12.1. The zero-order valence-electron chi connectivity index (χ0n) is 19.6. The van der Waals surface area contributed by atoms with Gasteiger partial charge < -0.3 is 0 Å². The van der Waals surface area contributed by atoms with Gasteiger partial charge in [0.05, 0.1) is 0 Å². The highest BCUT2D eigenvalue weighted by Crippen LogP contribution is 2.24. The van der Waals surface area contributed by atoms with Crippen LogP contribution >= 0.6 is 0 Å². The van der Waals surface area contributed by atoms with E-state index in [1.54, 1.807) is 0 Å². The van der Waals surface area contributed by atoms with E-state index in [9.17, 15) is 4.39 Å². The Labute approximate surface area is 197 Å². The minimum absolute atomic E-state index is 0.0820. The summed E-state index contributed by atoms with van der Waals surface area (Å²) in [6.45, 7) is 4.37. The number of hydrogen-bond acceptors (Lipinski definition) is 0. The molecule has 0 aliphatic heterocycles. The fourth-order valence-electron chi connectivity index (χ4n) is 4.22. The minimum atomic E-state index is -0.0820. The predicted molar refractivity (Wildman–Crippen MR) is 139 cm³/mol. The number of aryl methyl sites for hydroxylation is 2. The van der Waals surface area contributed by atoms with Crippen molar-refractivity contribution in [1.82, 2.24) is 0 Å². The number of halogens is 1. The van der Waals surface area contributed by atoms with Gasteiger partial charge in [-0.15, -0.1) is 0 Å². The summed E-state index contributed by atoms with van der Waals surface area (Å²) in [5.41, 5.74) is 6.48. The van der Waals surface area contributed by atoms with E-state index in [-0.39, 0.29) is 5.82 Å². The van der Waals surface area contributed by atoms with Crippen molar-refractivity contribution in [2.45, 2.75) is 52.4 Å². The molecule has 0 aromatic heterocycles. The van der Waals surface area contributed by atoms with Crippen LogP contribution in [0.5, 0.6) is 0 Å². The van der Waals surface area contributed by atoms with Gasteiger partial charge in [0, 0.05) is 16.5 Å². The van der Waals surface area contributed by atoms with Crippen molar-refractivity contribution in [2.24, 2.45) is 0 Å². The third-order valence-corrected chi connectivity index (χ3v) is 6.15. The molecule has 0 radical (unpaired) electrons. The lowest BCUT2D eigenvalue weighted by atomic mass is 10.00. The number of rotatable bonds is 7. The van der Waals surface area contributed by atoms with Crippen molar-refractivity contribution in [2.75, 3.05) is 0 Å². The summed E-state index contributed by atoms with van der Waals surface area (Å²) in [7, 11) is 0. The molecule has 4 aromatic carbocycles. The van der Waals surface area contributed by atoms with Crippen LogP contribution in [0.15, 0.2) is 78.9 Å². The lowest BCUT2D eigenvalue weighted by Crippen LogP contribution is -1.93. The van der Waals surface area contributed by atoms with E-state index in [0.717, 1.165) is 54.2 Å². The zero-order valence-corrected chi connectivity index (χ0v) is 19.6. The summed E-state index contributed by atoms with van der Waals surface area (Å²) in [6.07, 6.45) is 6.40. The van der Waals surface area contributed by atoms with Gasteiger partial charge in [-0.1, -0.05) is 99.5 Å². The summed E-state index contributed by atoms with van der Waals surface area (Å²) in [4.78, 5) is 0. The molecule has 0 aliphatic carbocycles. The Morgan fingerprint density at radius 1 is 0.636 bits per heavy atom. The molecule has 0 saturated carbocycles. The van der Waals surface area contributed by atoms with Gasteiger partial charge in [-0.2, -0.15) is 0 Å². The van der Waals surface area contributed by atoms with Crippen molar-refractivity contribution in [3.05, 3.63) is 107 Å². The fraction of sp³-hybridized carbons (Fsp3) is 0.250. The molecule has 0 heterocycles. The van der Waals surface area contributed by atoms with E-state index in [4.69, 9.17) is 0 Å². The van der Waals surface area contributed by atoms with Crippen molar-refractivity contribution in [1.29, 1.82) is 0 Å². The molecule has 0 N–H and O–H groups in total. The molecule has 1 heteroatoms. The second-order valence-electron chi connectivity index (χ2n) is 8.71. The molecule has 0 saturated heterocycles. The van der Waals surface area contributed by atoms with Gasteiger partial charge in [0.15, 0.2) is 0 Å². The Morgan fingerprint density at radius 3 is 2.00 bits per heavy atom. The molecule has 0 aliphatic rings. The first kappa shape index (κ1) is 22.8. The van der Waals surface area contributed by atoms with Crippen LogP contribution < -0.4 is 0 Å². The van der Waals surface area contributed by atoms with Crippen molar-refractivity contribution < 1.29 is 4.39 Å². The van der Waals surface area contributed by atoms with Gasteiger partial charge >= 0.3 is 0 Å². The van der Waals surface area contributed by atoms with Crippen LogP contribution in [-0.4, -0.2) is 0 Å². The molecule has 0 nitrogen and oxygen atoms in total. The minimum Gasteiger partial charge on any atom is -0.206 e. The predicted octanol–water partition coefficient (Wildman–Crippen LogP) is 8.73. The second-order valence-corrected chi connectivity index (χ2v) is 8.71. The largest absolute Gasteiger partial charge is 0.206 e. The maximum absolute atomic E-state index is 14.9. The first-order chi connectivity index (χ1) is 16.2. The second kappa shape index (κ2) is 11.0. The summed E-state index contributed by atoms with van der Waals surface area (Å²) in [5, 5.41) is 1.59. The van der Waals surface area contributed by atoms with Crippen LogP contribution in [0.1, 0.15) is 61.8 Å². The molecular formula is C32H31F. The van der Waals surface area contributed by atoms with E-state index < -0.39 is 0 Å². The molecule has 0 unspecified atom stereocenters. The summed E-state index contributed by atoms with van der Waals surface area (Å²) >= 11 is 0. The Morgan fingerprint density at radius 2 is 1.30 bits per heavy atom. The van der Waals surface area contributed by atoms with Crippen LogP contribution in [0.3, 0.4) is 0 Å². The Kier molecular flexibility index (Phi) is 7.59. The Bertz CT molecular complexity index is 1270. The van der Waals surface area contributed by atoms with Crippen LogP contribution in [0.2, 0.25) is 0 Å². The number of hydrogen-bond donors (Lipinski definition) is 0. The topological polar surface area (TPSA) is 0 Å². The van der Waals surface area contributed by atoms with Gasteiger partial charge in [0.25, 0.3) is 0 Å². The van der Waals surface area contributed by atoms with Crippen LogP contribution in [0, 0.1) is 17.7 Å². The average Bonchev–Trinajstić information content (AvgIpc) is 2.85. The normalized spacial score (nSPS) is 10.8. The van der Waals surface area contributed by atoms with Crippen molar-refractivity contribution >= 4 is 10.8 Å². The highest BCUT2D eigenvalue weighted by atomic mass is 19.1. The summed E-state index contributed by atoms with van der Waals surface area (Å²) in [5.74, 6) is 6.40. The fourth-order valence-corrected chi connectivity index (χ4v) is 4.22. The maximum Gasteiger partial charge on any atom is 0.134 e. The third kappa shape index (κ3) is 5.71. The molecule has 166 valence electrons. The third-order valence-electron chi connectivity index (χ3n) is 6.15. The lowest BCUT2D eigenvalue weighted by molar-refractivity contribution is 0.609. The highest BCUT2D eigenvalue weighted by molar-refractivity contribution is 5.85. The van der Waals surface area contributed by atoms with Crippen LogP contribution in [-0.2, 0) is 12.8 Å². The van der Waals surface area contributed by atoms with Gasteiger partial charge in [0.2, 0.25) is 0 Å². The molecule has 4 aromatic rings. The van der Waals surface area contributed by atoms with Crippen molar-refractivity contribution in [3.8, 4) is 23.0 Å². The quantitative estimate of drug-likeness (QED) is 0.201. The maximum atomic E-state index is 14.9. The molecule has 4 rings (SSSR count). The molecule has 0 spiro atoms. The van der Waals surface area contributed by atoms with Gasteiger partial charge in [-0.3, -0.25) is 0 Å². The summed E-state index contributed by atoms with van der Waals surface area (Å²) < 4.78 is 14.9. The zero-order chi connectivity index (χ0) is 23.0. The lowest BCUT2D eigenvalue weighted by Gasteiger charge is -2.07. The molecular weight excluding hydrogens is 403 g/mol. The average molecular weight is 435 g/mol. The van der Waals surface area contributed by atoms with Gasteiger partial charge in [-0.05, 0) is 71.2 Å². The molecule has 0 fully saturated rings. The molecule has 0 amide bonds. The van der Waals surface area contributed by atoms with E-state index >= 15 is 0 Å². The van der Waals surface area contributed by atoms with Crippen LogP contribution in [0.25, 0.3) is 21.9 Å². The Balaban J connectivity index is 1.49. The smallest absolute Gasteiger partial charge is 0.134 e. The van der Waals surface area contributed by atoms with E-state index in [1.807, 2.05) is 30.3 Å². The highest BCUT2D eigenvalue weighted by Gasteiger charge is 2.07. The molecule has 0 atom stereocenters. The van der Waals surface area contributed by atoms with Gasteiger partial charge in [0.1, 0.15) is 5.82 Å². The SMILES string of the molecule is CCCCCc1ccc2cc(C#Cc3ccc(-c4ccc(CCC)cc4)cc3)ccc2c1F. The number of fused-ring (bicyclic) bond motifs is 1. The van der Waals surface area contributed by atoms with E-state index in [1.165, 1.54) is 23.1 Å². The monoisotopic (exact) mass is 434 g/mol. The van der Waals surface area contributed by atoms with Crippen LogP contribution in [0.4, 0.5) is 4.39 Å².